The monoisotopic (exact) mass is 296 g/mol. The fourth-order valence-corrected chi connectivity index (χ4v) is 3.53. The average molecular weight is 296 g/mol. The number of nitrogens with two attached hydrogens (primary N) is 1. The minimum Gasteiger partial charge on any atom is -0.336 e. The van der Waals surface area contributed by atoms with Gasteiger partial charge in [-0.2, -0.15) is 0 Å². The van der Waals surface area contributed by atoms with Crippen LogP contribution in [0.1, 0.15) is 41.3 Å². The third-order valence-corrected chi connectivity index (χ3v) is 5.02. The highest BCUT2D eigenvalue weighted by Gasteiger charge is 2.27. The molecule has 1 aromatic carbocycles. The van der Waals surface area contributed by atoms with E-state index in [1.54, 1.807) is 24.8 Å². The molecule has 1 aliphatic heterocycles. The van der Waals surface area contributed by atoms with E-state index in [0.717, 1.165) is 24.9 Å². The van der Waals surface area contributed by atoms with Crippen LogP contribution >= 0.6 is 0 Å². The smallest absolute Gasteiger partial charge is 0.254 e. The Morgan fingerprint density at radius 3 is 2.50 bits per heavy atom. The number of benzene rings is 1. The van der Waals surface area contributed by atoms with Gasteiger partial charge in [0.1, 0.15) is 0 Å². The molecule has 1 heterocycles. The first-order chi connectivity index (χ1) is 9.21. The van der Waals surface area contributed by atoms with Gasteiger partial charge >= 0.3 is 0 Å². The summed E-state index contributed by atoms with van der Waals surface area (Å²) in [6.45, 7) is 6.21. The molecular formula is C14H20N2O3S. The van der Waals surface area contributed by atoms with Crippen LogP contribution in [0.4, 0.5) is 0 Å². The van der Waals surface area contributed by atoms with Crippen LogP contribution in [0.25, 0.3) is 0 Å². The van der Waals surface area contributed by atoms with E-state index in [9.17, 15) is 13.2 Å². The molecule has 0 radical (unpaired) electrons. The lowest BCUT2D eigenvalue weighted by Gasteiger charge is -2.22. The lowest BCUT2D eigenvalue weighted by Crippen LogP contribution is -2.33. The Morgan fingerprint density at radius 2 is 2.00 bits per heavy atom. The Balaban J connectivity index is 2.48. The van der Waals surface area contributed by atoms with E-state index >= 15 is 0 Å². The molecule has 2 N–H and O–H groups in total. The first kappa shape index (κ1) is 15.0. The zero-order valence-corrected chi connectivity index (χ0v) is 12.8. The van der Waals surface area contributed by atoms with Gasteiger partial charge in [0.15, 0.2) is 0 Å². The second kappa shape index (κ2) is 5.18. The second-order valence-corrected chi connectivity index (χ2v) is 6.98. The lowest BCUT2D eigenvalue weighted by atomic mass is 10.1. The maximum absolute atomic E-state index is 12.5. The molecule has 0 aliphatic carbocycles. The fraction of sp³-hybridized carbons (Fsp3) is 0.500. The molecule has 0 spiro atoms. The molecule has 6 heteroatoms. The van der Waals surface area contributed by atoms with Gasteiger partial charge < -0.3 is 4.90 Å². The minimum absolute atomic E-state index is 0.0349. The van der Waals surface area contributed by atoms with E-state index in [2.05, 4.69) is 0 Å². The first-order valence-electron chi connectivity index (χ1n) is 6.67. The van der Waals surface area contributed by atoms with Crippen molar-refractivity contribution in [3.8, 4) is 0 Å². The van der Waals surface area contributed by atoms with Crippen LogP contribution in [0, 0.1) is 13.8 Å². The van der Waals surface area contributed by atoms with Crippen molar-refractivity contribution in [2.45, 2.75) is 44.6 Å². The van der Waals surface area contributed by atoms with Crippen molar-refractivity contribution in [3.63, 3.8) is 0 Å². The Morgan fingerprint density at radius 1 is 1.35 bits per heavy atom. The topological polar surface area (TPSA) is 80.5 Å². The highest BCUT2D eigenvalue weighted by molar-refractivity contribution is 7.89. The highest BCUT2D eigenvalue weighted by atomic mass is 32.2. The third-order valence-electron chi connectivity index (χ3n) is 3.99. The second-order valence-electron chi connectivity index (χ2n) is 5.45. The number of amides is 1. The molecule has 5 nitrogen and oxygen atoms in total. The van der Waals surface area contributed by atoms with Crippen molar-refractivity contribution >= 4 is 15.9 Å². The summed E-state index contributed by atoms with van der Waals surface area (Å²) >= 11 is 0. The summed E-state index contributed by atoms with van der Waals surface area (Å²) < 4.78 is 23.2. The summed E-state index contributed by atoms with van der Waals surface area (Å²) in [4.78, 5) is 14.3. The van der Waals surface area contributed by atoms with Gasteiger partial charge in [0.05, 0.1) is 4.90 Å². The number of aryl methyl sites for hydroxylation is 1. The van der Waals surface area contributed by atoms with E-state index in [1.807, 2.05) is 6.92 Å². The van der Waals surface area contributed by atoms with Crippen molar-refractivity contribution in [1.29, 1.82) is 0 Å². The molecule has 1 aromatic rings. The predicted octanol–water partition coefficient (Wildman–Crippen LogP) is 1.58. The number of rotatable bonds is 2. The van der Waals surface area contributed by atoms with Crippen LogP contribution in [0.15, 0.2) is 17.0 Å². The number of likely N-dealkylation sites (tertiary alicyclic amines) is 1. The van der Waals surface area contributed by atoms with Crippen LogP contribution in [0.3, 0.4) is 0 Å². The zero-order valence-electron chi connectivity index (χ0n) is 12.0. The maximum Gasteiger partial charge on any atom is 0.254 e. The Hall–Kier alpha value is -1.40. The van der Waals surface area contributed by atoms with Gasteiger partial charge in [0, 0.05) is 18.2 Å². The number of carbonyl (C=O) groups excluding carboxylic acids is 1. The molecule has 1 unspecified atom stereocenters. The minimum atomic E-state index is -3.82. The summed E-state index contributed by atoms with van der Waals surface area (Å²) in [5.41, 5.74) is 1.75. The third kappa shape index (κ3) is 2.71. The SMILES string of the molecule is Cc1cc(C(=O)N2CCCC2C)cc(S(N)(=O)=O)c1C. The highest BCUT2D eigenvalue weighted by Crippen LogP contribution is 2.24. The number of carbonyl (C=O) groups is 1. The van der Waals surface area contributed by atoms with E-state index in [-0.39, 0.29) is 16.8 Å². The normalized spacial score (nSPS) is 19.4. The standard InChI is InChI=1S/C14H20N2O3S/c1-9-7-12(8-13(11(9)3)20(15,18)19)14(17)16-6-4-5-10(16)2/h7-8,10H,4-6H2,1-3H3,(H2,15,18,19). The van der Waals surface area contributed by atoms with Crippen LogP contribution in [0.2, 0.25) is 0 Å². The molecule has 1 fully saturated rings. The molecule has 110 valence electrons. The van der Waals surface area contributed by atoms with Gasteiger partial charge in [0.2, 0.25) is 10.0 Å². The van der Waals surface area contributed by atoms with Crippen molar-refractivity contribution in [2.24, 2.45) is 5.14 Å². The largest absolute Gasteiger partial charge is 0.336 e. The van der Waals surface area contributed by atoms with Crippen LogP contribution in [0.5, 0.6) is 0 Å². The summed E-state index contributed by atoms with van der Waals surface area (Å²) in [6.07, 6.45) is 1.97. The van der Waals surface area contributed by atoms with E-state index < -0.39 is 10.0 Å². The van der Waals surface area contributed by atoms with Crippen molar-refractivity contribution in [1.82, 2.24) is 4.90 Å². The number of hydrogen-bond donors (Lipinski definition) is 1. The van der Waals surface area contributed by atoms with E-state index in [1.165, 1.54) is 6.07 Å². The van der Waals surface area contributed by atoms with E-state index in [4.69, 9.17) is 5.14 Å². The van der Waals surface area contributed by atoms with Gasteiger partial charge in [-0.25, -0.2) is 13.6 Å². The average Bonchev–Trinajstić information content (AvgIpc) is 2.76. The van der Waals surface area contributed by atoms with Crippen molar-refractivity contribution in [3.05, 3.63) is 28.8 Å². The molecule has 1 saturated heterocycles. The van der Waals surface area contributed by atoms with Gasteiger partial charge in [-0.05, 0) is 56.9 Å². The summed E-state index contributed by atoms with van der Waals surface area (Å²) in [5.74, 6) is -0.122. The summed E-state index contributed by atoms with van der Waals surface area (Å²) in [7, 11) is -3.82. The van der Waals surface area contributed by atoms with Crippen LogP contribution in [-0.2, 0) is 10.0 Å². The predicted molar refractivity (Wildman–Crippen MR) is 77.0 cm³/mol. The van der Waals surface area contributed by atoms with Crippen LogP contribution < -0.4 is 5.14 Å². The number of sulfonamides is 1. The molecule has 0 saturated carbocycles. The summed E-state index contributed by atoms with van der Waals surface area (Å²) in [5, 5.41) is 5.22. The Labute approximate surface area is 119 Å². The van der Waals surface area contributed by atoms with Crippen molar-refractivity contribution < 1.29 is 13.2 Å². The molecule has 1 amide bonds. The molecule has 0 bridgehead atoms. The lowest BCUT2D eigenvalue weighted by molar-refractivity contribution is 0.0747. The number of hydrogen-bond acceptors (Lipinski definition) is 3. The van der Waals surface area contributed by atoms with Crippen molar-refractivity contribution in [2.75, 3.05) is 6.54 Å². The molecule has 0 aromatic heterocycles. The first-order valence-corrected chi connectivity index (χ1v) is 8.21. The van der Waals surface area contributed by atoms with Crippen LogP contribution in [-0.4, -0.2) is 31.8 Å². The van der Waals surface area contributed by atoms with Gasteiger partial charge in [-0.1, -0.05) is 0 Å². The molecule has 20 heavy (non-hydrogen) atoms. The van der Waals surface area contributed by atoms with Gasteiger partial charge in [-0.3, -0.25) is 4.79 Å². The molecular weight excluding hydrogens is 276 g/mol. The molecule has 2 rings (SSSR count). The number of primary sulfonamides is 1. The number of nitrogens with zero attached hydrogens (tertiary/aromatic N) is 1. The summed E-state index contributed by atoms with van der Waals surface area (Å²) in [6, 6.07) is 3.32. The quantitative estimate of drug-likeness (QED) is 0.899. The van der Waals surface area contributed by atoms with Gasteiger partial charge in [-0.15, -0.1) is 0 Å². The van der Waals surface area contributed by atoms with E-state index in [0.29, 0.717) is 11.1 Å². The molecule has 1 aliphatic rings. The Kier molecular flexibility index (Phi) is 3.88. The Bertz CT molecular complexity index is 653. The van der Waals surface area contributed by atoms with Gasteiger partial charge in [0.25, 0.3) is 5.91 Å². The maximum atomic E-state index is 12.5. The molecule has 1 atom stereocenters. The zero-order chi connectivity index (χ0) is 15.1. The fourth-order valence-electron chi connectivity index (χ4n) is 2.65.